The van der Waals surface area contributed by atoms with E-state index in [9.17, 15) is 9.59 Å². The molecule has 0 aliphatic carbocycles. The van der Waals surface area contributed by atoms with Crippen molar-refractivity contribution in [3.8, 4) is 0 Å². The first-order valence-electron chi connectivity index (χ1n) is 7.94. The molecule has 0 fully saturated rings. The van der Waals surface area contributed by atoms with Crippen molar-refractivity contribution in [2.75, 3.05) is 5.32 Å². The van der Waals surface area contributed by atoms with Crippen LogP contribution >= 0.6 is 0 Å². The number of benzene rings is 1. The number of carbonyl (C=O) groups excluding carboxylic acids is 1. The number of pyridine rings is 2. The van der Waals surface area contributed by atoms with Crippen LogP contribution in [0.5, 0.6) is 0 Å². The van der Waals surface area contributed by atoms with Gasteiger partial charge in [0.15, 0.2) is 0 Å². The van der Waals surface area contributed by atoms with Crippen LogP contribution in [-0.2, 0) is 11.2 Å². The molecule has 122 valence electrons. The number of H-pyrrole nitrogens is 1. The van der Waals surface area contributed by atoms with E-state index in [1.807, 2.05) is 36.5 Å². The molecule has 0 saturated heterocycles. The van der Waals surface area contributed by atoms with Gasteiger partial charge in [0.25, 0.3) is 5.56 Å². The Kier molecular flexibility index (Phi) is 4.70. The standard InChI is InChI=1S/C19H19N3O2/c1-13-10-15-7-8-16(11-17(15)22-19(13)24)21-18(23)6-2-4-14-5-3-9-20-12-14/h3,5,7-12H,2,4,6H2,1H3,(H,21,23)(H,22,24). The number of rotatable bonds is 5. The summed E-state index contributed by atoms with van der Waals surface area (Å²) in [5.74, 6) is -0.0345. The van der Waals surface area contributed by atoms with E-state index >= 15 is 0 Å². The summed E-state index contributed by atoms with van der Waals surface area (Å²) >= 11 is 0. The smallest absolute Gasteiger partial charge is 0.251 e. The lowest BCUT2D eigenvalue weighted by Gasteiger charge is -2.07. The molecule has 5 heteroatoms. The molecule has 0 aliphatic heterocycles. The molecule has 0 radical (unpaired) electrons. The van der Waals surface area contributed by atoms with Crippen LogP contribution in [0.2, 0.25) is 0 Å². The van der Waals surface area contributed by atoms with Gasteiger partial charge in [0.1, 0.15) is 0 Å². The Morgan fingerprint density at radius 3 is 2.92 bits per heavy atom. The van der Waals surface area contributed by atoms with Gasteiger partial charge in [0.2, 0.25) is 5.91 Å². The molecular weight excluding hydrogens is 302 g/mol. The molecule has 0 atom stereocenters. The zero-order chi connectivity index (χ0) is 16.9. The highest BCUT2D eigenvalue weighted by Crippen LogP contribution is 2.17. The maximum Gasteiger partial charge on any atom is 0.251 e. The minimum absolute atomic E-state index is 0.0345. The summed E-state index contributed by atoms with van der Waals surface area (Å²) in [6.07, 6.45) is 5.59. The van der Waals surface area contributed by atoms with Crippen LogP contribution in [0.1, 0.15) is 24.0 Å². The van der Waals surface area contributed by atoms with E-state index in [0.29, 0.717) is 17.7 Å². The Morgan fingerprint density at radius 1 is 1.25 bits per heavy atom. The quantitative estimate of drug-likeness (QED) is 0.758. The molecule has 24 heavy (non-hydrogen) atoms. The van der Waals surface area contributed by atoms with Crippen molar-refractivity contribution in [1.82, 2.24) is 9.97 Å². The van der Waals surface area contributed by atoms with Crippen LogP contribution in [0.3, 0.4) is 0 Å². The number of amides is 1. The van der Waals surface area contributed by atoms with Crippen LogP contribution in [0.4, 0.5) is 5.69 Å². The third-order valence-electron chi connectivity index (χ3n) is 3.91. The first kappa shape index (κ1) is 15.9. The Morgan fingerprint density at radius 2 is 2.12 bits per heavy atom. The van der Waals surface area contributed by atoms with Crippen molar-refractivity contribution in [2.24, 2.45) is 0 Å². The van der Waals surface area contributed by atoms with Crippen molar-refractivity contribution in [1.29, 1.82) is 0 Å². The van der Waals surface area contributed by atoms with Gasteiger partial charge in [-0.05, 0) is 55.0 Å². The van der Waals surface area contributed by atoms with E-state index in [4.69, 9.17) is 0 Å². The normalized spacial score (nSPS) is 10.7. The fraction of sp³-hybridized carbons (Fsp3) is 0.211. The Labute approximate surface area is 139 Å². The Balaban J connectivity index is 1.61. The minimum atomic E-state index is -0.109. The monoisotopic (exact) mass is 321 g/mol. The number of fused-ring (bicyclic) bond motifs is 1. The van der Waals surface area contributed by atoms with Crippen LogP contribution in [0.25, 0.3) is 10.9 Å². The summed E-state index contributed by atoms with van der Waals surface area (Å²) in [7, 11) is 0. The number of nitrogens with one attached hydrogen (secondary N) is 2. The molecule has 5 nitrogen and oxygen atoms in total. The summed E-state index contributed by atoms with van der Waals surface area (Å²) in [5.41, 5.74) is 3.10. The number of hydrogen-bond donors (Lipinski definition) is 2. The van der Waals surface area contributed by atoms with Crippen LogP contribution in [0, 0.1) is 6.92 Å². The average Bonchev–Trinajstić information content (AvgIpc) is 2.57. The third kappa shape index (κ3) is 3.87. The fourth-order valence-electron chi connectivity index (χ4n) is 2.61. The second kappa shape index (κ2) is 7.08. The molecule has 0 spiro atoms. The number of carbonyl (C=O) groups is 1. The van der Waals surface area contributed by atoms with Gasteiger partial charge in [-0.1, -0.05) is 12.1 Å². The fourth-order valence-corrected chi connectivity index (χ4v) is 2.61. The lowest BCUT2D eigenvalue weighted by Crippen LogP contribution is -2.12. The molecule has 0 aliphatic rings. The van der Waals surface area contributed by atoms with Gasteiger partial charge in [0.05, 0.1) is 5.52 Å². The van der Waals surface area contributed by atoms with Crippen molar-refractivity contribution >= 4 is 22.5 Å². The van der Waals surface area contributed by atoms with E-state index < -0.39 is 0 Å². The number of aryl methyl sites for hydroxylation is 2. The van der Waals surface area contributed by atoms with Gasteiger partial charge in [-0.3, -0.25) is 14.6 Å². The molecular formula is C19H19N3O2. The van der Waals surface area contributed by atoms with Crippen LogP contribution < -0.4 is 10.9 Å². The lowest BCUT2D eigenvalue weighted by atomic mass is 10.1. The van der Waals surface area contributed by atoms with E-state index in [-0.39, 0.29) is 11.5 Å². The predicted octanol–water partition coefficient (Wildman–Crippen LogP) is 3.19. The molecule has 3 aromatic rings. The molecule has 0 unspecified atom stereocenters. The van der Waals surface area contributed by atoms with Crippen molar-refractivity contribution < 1.29 is 4.79 Å². The highest BCUT2D eigenvalue weighted by molar-refractivity contribution is 5.93. The average molecular weight is 321 g/mol. The molecule has 2 N–H and O–H groups in total. The molecule has 3 rings (SSSR count). The Bertz CT molecular complexity index is 917. The summed E-state index contributed by atoms with van der Waals surface area (Å²) in [5, 5.41) is 3.82. The summed E-state index contributed by atoms with van der Waals surface area (Å²) < 4.78 is 0. The number of aromatic nitrogens is 2. The number of aromatic amines is 1. The van der Waals surface area contributed by atoms with Crippen LogP contribution in [-0.4, -0.2) is 15.9 Å². The van der Waals surface area contributed by atoms with Gasteiger partial charge in [-0.2, -0.15) is 0 Å². The molecule has 1 aromatic carbocycles. The van der Waals surface area contributed by atoms with E-state index in [0.717, 1.165) is 29.3 Å². The lowest BCUT2D eigenvalue weighted by molar-refractivity contribution is -0.116. The van der Waals surface area contributed by atoms with Gasteiger partial charge >= 0.3 is 0 Å². The summed E-state index contributed by atoms with van der Waals surface area (Å²) in [4.78, 5) is 30.6. The van der Waals surface area contributed by atoms with Gasteiger partial charge < -0.3 is 10.3 Å². The summed E-state index contributed by atoms with van der Waals surface area (Å²) in [6.45, 7) is 1.77. The van der Waals surface area contributed by atoms with Crippen molar-refractivity contribution in [3.05, 3.63) is 70.3 Å². The van der Waals surface area contributed by atoms with E-state index in [1.54, 1.807) is 19.2 Å². The first-order chi connectivity index (χ1) is 11.6. The SMILES string of the molecule is Cc1cc2ccc(NC(=O)CCCc3cccnc3)cc2[nH]c1=O. The maximum atomic E-state index is 12.1. The number of hydrogen-bond acceptors (Lipinski definition) is 3. The predicted molar refractivity (Wildman–Crippen MR) is 95.1 cm³/mol. The molecule has 0 bridgehead atoms. The summed E-state index contributed by atoms with van der Waals surface area (Å²) in [6, 6.07) is 11.3. The molecule has 1 amide bonds. The topological polar surface area (TPSA) is 74.8 Å². The Hall–Kier alpha value is -2.95. The van der Waals surface area contributed by atoms with Crippen molar-refractivity contribution in [2.45, 2.75) is 26.2 Å². The highest BCUT2D eigenvalue weighted by Gasteiger charge is 2.05. The first-order valence-corrected chi connectivity index (χ1v) is 7.94. The second-order valence-electron chi connectivity index (χ2n) is 5.85. The van der Waals surface area contributed by atoms with Crippen molar-refractivity contribution in [3.63, 3.8) is 0 Å². The highest BCUT2D eigenvalue weighted by atomic mass is 16.1. The minimum Gasteiger partial charge on any atom is -0.326 e. The number of anilines is 1. The third-order valence-corrected chi connectivity index (χ3v) is 3.91. The zero-order valence-electron chi connectivity index (χ0n) is 13.5. The van der Waals surface area contributed by atoms with E-state index in [1.165, 1.54) is 0 Å². The van der Waals surface area contributed by atoms with Gasteiger partial charge in [-0.15, -0.1) is 0 Å². The van der Waals surface area contributed by atoms with E-state index in [2.05, 4.69) is 15.3 Å². The molecule has 2 aromatic heterocycles. The van der Waals surface area contributed by atoms with Gasteiger partial charge in [-0.25, -0.2) is 0 Å². The second-order valence-corrected chi connectivity index (χ2v) is 5.85. The van der Waals surface area contributed by atoms with Crippen LogP contribution in [0.15, 0.2) is 53.6 Å². The van der Waals surface area contributed by atoms with Gasteiger partial charge in [0, 0.05) is 30.1 Å². The number of nitrogens with zero attached hydrogens (tertiary/aromatic N) is 1. The molecule has 2 heterocycles. The molecule has 0 saturated carbocycles. The largest absolute Gasteiger partial charge is 0.326 e. The maximum absolute atomic E-state index is 12.1. The zero-order valence-corrected chi connectivity index (χ0v) is 13.5.